The normalized spacial score (nSPS) is 10.9. The molecule has 2 nitrogen and oxygen atoms in total. The molecule has 0 aliphatic heterocycles. The number of thiophene rings is 1. The van der Waals surface area contributed by atoms with E-state index >= 15 is 0 Å². The molecule has 72 valence electrons. The van der Waals surface area contributed by atoms with Crippen molar-refractivity contribution in [3.63, 3.8) is 0 Å². The topological polar surface area (TPSA) is 40.5 Å². The van der Waals surface area contributed by atoms with E-state index in [2.05, 4.69) is 22.6 Å². The average molecular weight is 338 g/mol. The smallest absolute Gasteiger partial charge is 0.423 e. The minimum Gasteiger partial charge on any atom is -0.423 e. The van der Waals surface area contributed by atoms with Gasteiger partial charge in [0.15, 0.2) is 0 Å². The van der Waals surface area contributed by atoms with Crippen LogP contribution in [-0.4, -0.2) is 17.2 Å². The minimum absolute atomic E-state index is 0.499. The van der Waals surface area contributed by atoms with E-state index in [1.54, 1.807) is 17.4 Å². The van der Waals surface area contributed by atoms with E-state index in [4.69, 9.17) is 21.6 Å². The van der Waals surface area contributed by atoms with E-state index in [0.29, 0.717) is 10.5 Å². The highest BCUT2D eigenvalue weighted by molar-refractivity contribution is 14.1. The first-order valence-corrected chi connectivity index (χ1v) is 6.16. The van der Waals surface area contributed by atoms with E-state index in [-0.39, 0.29) is 0 Å². The van der Waals surface area contributed by atoms with Crippen molar-refractivity contribution in [2.75, 3.05) is 0 Å². The molecule has 1 aromatic carbocycles. The Hall–Kier alpha value is 0.185. The van der Waals surface area contributed by atoms with Crippen LogP contribution in [0, 0.1) is 3.57 Å². The summed E-state index contributed by atoms with van der Waals surface area (Å²) in [5.74, 6) is 0. The molecule has 0 unspecified atom stereocenters. The van der Waals surface area contributed by atoms with Gasteiger partial charge in [0.25, 0.3) is 0 Å². The van der Waals surface area contributed by atoms with Crippen molar-refractivity contribution in [1.29, 1.82) is 0 Å². The third kappa shape index (κ3) is 1.67. The van der Waals surface area contributed by atoms with E-state index in [9.17, 15) is 0 Å². The maximum Gasteiger partial charge on any atom is 0.489 e. The van der Waals surface area contributed by atoms with Gasteiger partial charge in [-0.2, -0.15) is 0 Å². The van der Waals surface area contributed by atoms with Gasteiger partial charge in [0.05, 0.1) is 5.02 Å². The predicted octanol–water partition coefficient (Wildman–Crippen LogP) is 1.84. The molecule has 0 amide bonds. The van der Waals surface area contributed by atoms with Gasteiger partial charge in [0, 0.05) is 19.0 Å². The molecule has 0 spiro atoms. The number of halogens is 2. The SMILES string of the molecule is OB(O)c1ccc2scc(Cl)c2c1I. The van der Waals surface area contributed by atoms with Crippen molar-refractivity contribution in [3.8, 4) is 0 Å². The molecule has 2 aromatic rings. The fraction of sp³-hybridized carbons (Fsp3) is 0. The van der Waals surface area contributed by atoms with Crippen LogP contribution in [-0.2, 0) is 0 Å². The molecule has 0 atom stereocenters. The molecular weight excluding hydrogens is 333 g/mol. The third-order valence-corrected chi connectivity index (χ3v) is 4.48. The average Bonchev–Trinajstić information content (AvgIpc) is 2.48. The van der Waals surface area contributed by atoms with Crippen LogP contribution in [0.5, 0.6) is 0 Å². The van der Waals surface area contributed by atoms with Gasteiger partial charge < -0.3 is 10.0 Å². The Bertz CT molecular complexity index is 485. The zero-order valence-electron chi connectivity index (χ0n) is 6.87. The second-order valence-corrected chi connectivity index (χ2v) is 5.20. The maximum absolute atomic E-state index is 9.10. The fourth-order valence-corrected chi connectivity index (χ4v) is 3.86. The molecule has 0 saturated heterocycles. The maximum atomic E-state index is 9.10. The van der Waals surface area contributed by atoms with E-state index in [1.165, 1.54) is 0 Å². The minimum atomic E-state index is -1.44. The highest BCUT2D eigenvalue weighted by Crippen LogP contribution is 2.32. The Balaban J connectivity index is 2.79. The molecular formula is C8H5BClIO2S. The molecule has 1 aromatic heterocycles. The highest BCUT2D eigenvalue weighted by atomic mass is 127. The van der Waals surface area contributed by atoms with Crippen molar-refractivity contribution < 1.29 is 10.0 Å². The highest BCUT2D eigenvalue weighted by Gasteiger charge is 2.18. The van der Waals surface area contributed by atoms with Crippen LogP contribution in [0.2, 0.25) is 5.02 Å². The third-order valence-electron chi connectivity index (χ3n) is 1.94. The van der Waals surface area contributed by atoms with Crippen molar-refractivity contribution >= 4 is 68.2 Å². The number of benzene rings is 1. The van der Waals surface area contributed by atoms with E-state index in [1.807, 2.05) is 11.4 Å². The molecule has 0 saturated carbocycles. The van der Waals surface area contributed by atoms with Crippen molar-refractivity contribution in [1.82, 2.24) is 0 Å². The van der Waals surface area contributed by atoms with Gasteiger partial charge in [0.2, 0.25) is 0 Å². The van der Waals surface area contributed by atoms with Gasteiger partial charge in [-0.05, 0) is 34.1 Å². The van der Waals surface area contributed by atoms with Crippen LogP contribution in [0.25, 0.3) is 10.1 Å². The zero-order chi connectivity index (χ0) is 10.3. The molecule has 1 heterocycles. The van der Waals surface area contributed by atoms with Gasteiger partial charge in [0.1, 0.15) is 0 Å². The molecule has 2 rings (SSSR count). The summed E-state index contributed by atoms with van der Waals surface area (Å²) in [4.78, 5) is 0. The number of fused-ring (bicyclic) bond motifs is 1. The Labute approximate surface area is 104 Å². The zero-order valence-corrected chi connectivity index (χ0v) is 10.6. The van der Waals surface area contributed by atoms with Gasteiger partial charge in [-0.15, -0.1) is 11.3 Å². The Morgan fingerprint density at radius 1 is 1.36 bits per heavy atom. The number of hydrogen-bond acceptors (Lipinski definition) is 3. The second-order valence-electron chi connectivity index (χ2n) is 2.80. The van der Waals surface area contributed by atoms with Crippen LogP contribution in [0.4, 0.5) is 0 Å². The monoisotopic (exact) mass is 338 g/mol. The van der Waals surface area contributed by atoms with Crippen LogP contribution in [0.15, 0.2) is 17.5 Å². The quantitative estimate of drug-likeness (QED) is 0.615. The van der Waals surface area contributed by atoms with Crippen LogP contribution >= 0.6 is 45.5 Å². The molecule has 0 radical (unpaired) electrons. The number of rotatable bonds is 1. The summed E-state index contributed by atoms with van der Waals surface area (Å²) in [5.41, 5.74) is 0.499. The van der Waals surface area contributed by atoms with Gasteiger partial charge in [-0.1, -0.05) is 17.7 Å². The molecule has 6 heteroatoms. The molecule has 14 heavy (non-hydrogen) atoms. The van der Waals surface area contributed by atoms with Crippen LogP contribution in [0.3, 0.4) is 0 Å². The first-order chi connectivity index (χ1) is 6.61. The Kier molecular flexibility index (Phi) is 3.04. The standard InChI is InChI=1S/C8H5BClIO2S/c10-5-3-14-6-2-1-4(9(12)13)8(11)7(5)6/h1-3,12-13H. The summed E-state index contributed by atoms with van der Waals surface area (Å²) >= 11 is 9.62. The van der Waals surface area contributed by atoms with Gasteiger partial charge in [-0.25, -0.2) is 0 Å². The van der Waals surface area contributed by atoms with Crippen molar-refractivity contribution in [2.24, 2.45) is 0 Å². The molecule has 0 aliphatic rings. The summed E-state index contributed by atoms with van der Waals surface area (Å²) in [6.45, 7) is 0. The second kappa shape index (κ2) is 3.98. The summed E-state index contributed by atoms with van der Waals surface area (Å²) in [6, 6.07) is 3.56. The van der Waals surface area contributed by atoms with Crippen LogP contribution in [0.1, 0.15) is 0 Å². The predicted molar refractivity (Wildman–Crippen MR) is 69.4 cm³/mol. The Morgan fingerprint density at radius 3 is 2.71 bits per heavy atom. The van der Waals surface area contributed by atoms with Crippen molar-refractivity contribution in [3.05, 3.63) is 26.1 Å². The lowest BCUT2D eigenvalue weighted by molar-refractivity contribution is 0.425. The lowest BCUT2D eigenvalue weighted by Crippen LogP contribution is -2.32. The van der Waals surface area contributed by atoms with E-state index in [0.717, 1.165) is 13.7 Å². The van der Waals surface area contributed by atoms with Crippen molar-refractivity contribution in [2.45, 2.75) is 0 Å². The first kappa shape index (κ1) is 10.7. The first-order valence-electron chi connectivity index (χ1n) is 3.82. The molecule has 2 N–H and O–H groups in total. The largest absolute Gasteiger partial charge is 0.489 e. The summed E-state index contributed by atoms with van der Waals surface area (Å²) < 4.78 is 1.87. The Morgan fingerprint density at radius 2 is 2.07 bits per heavy atom. The summed E-state index contributed by atoms with van der Waals surface area (Å²) in [7, 11) is -1.44. The molecule has 0 aliphatic carbocycles. The lowest BCUT2D eigenvalue weighted by Gasteiger charge is -2.04. The summed E-state index contributed by atoms with van der Waals surface area (Å²) in [6.07, 6.45) is 0. The fourth-order valence-electron chi connectivity index (χ4n) is 1.27. The summed E-state index contributed by atoms with van der Waals surface area (Å²) in [5, 5.41) is 21.6. The number of hydrogen-bond donors (Lipinski definition) is 2. The van der Waals surface area contributed by atoms with Crippen LogP contribution < -0.4 is 5.46 Å². The van der Waals surface area contributed by atoms with Gasteiger partial charge in [-0.3, -0.25) is 0 Å². The lowest BCUT2D eigenvalue weighted by atomic mass is 9.80. The molecule has 0 bridgehead atoms. The van der Waals surface area contributed by atoms with Gasteiger partial charge >= 0.3 is 7.12 Å². The molecule has 0 fully saturated rings. The van der Waals surface area contributed by atoms with E-state index < -0.39 is 7.12 Å².